The van der Waals surface area contributed by atoms with Crippen molar-refractivity contribution in [3.05, 3.63) is 209 Å². The Morgan fingerprint density at radius 3 is 1.69 bits per heavy atom. The fourth-order valence-corrected chi connectivity index (χ4v) is 10.4. The lowest BCUT2D eigenvalue weighted by Crippen LogP contribution is -2.22. The van der Waals surface area contributed by atoms with Crippen LogP contribution in [0.2, 0.25) is 0 Å². The van der Waals surface area contributed by atoms with Gasteiger partial charge in [0.05, 0.1) is 11.4 Å². The summed E-state index contributed by atoms with van der Waals surface area (Å²) >= 11 is 0. The molecule has 0 amide bonds. The van der Waals surface area contributed by atoms with Gasteiger partial charge in [-0.25, -0.2) is 0 Å². The summed E-state index contributed by atoms with van der Waals surface area (Å²) in [6.07, 6.45) is 13.0. The molecule has 4 nitrogen and oxygen atoms in total. The van der Waals surface area contributed by atoms with Crippen LogP contribution in [0, 0.1) is 13.8 Å². The second-order valence-corrected chi connectivity index (χ2v) is 18.3. The van der Waals surface area contributed by atoms with Crippen LogP contribution in [0.3, 0.4) is 0 Å². The van der Waals surface area contributed by atoms with Crippen LogP contribution >= 0.6 is 0 Å². The Hall–Kier alpha value is -6.78. The Bertz CT molecular complexity index is 3010. The molecule has 61 heavy (non-hydrogen) atoms. The first-order valence-electron chi connectivity index (χ1n) is 21.5. The Morgan fingerprint density at radius 1 is 0.574 bits per heavy atom. The Labute approximate surface area is 361 Å². The largest absolute Gasteiger partial charge is 0.375 e. The van der Waals surface area contributed by atoms with Gasteiger partial charge in [-0.1, -0.05) is 113 Å². The maximum absolute atomic E-state index is 4.57. The van der Waals surface area contributed by atoms with Crippen molar-refractivity contribution in [2.75, 3.05) is 23.4 Å². The smallest absolute Gasteiger partial charge is 0.0717 e. The van der Waals surface area contributed by atoms with Crippen molar-refractivity contribution in [1.29, 1.82) is 0 Å². The van der Waals surface area contributed by atoms with Gasteiger partial charge in [-0.3, -0.25) is 0 Å². The van der Waals surface area contributed by atoms with E-state index < -0.39 is 0 Å². The molecule has 0 bridgehead atoms. The fourth-order valence-electron chi connectivity index (χ4n) is 10.4. The Morgan fingerprint density at radius 2 is 1.10 bits per heavy atom. The Balaban J connectivity index is 1.11. The number of aryl methyl sites for hydroxylation is 3. The molecule has 0 radical (unpaired) electrons. The van der Waals surface area contributed by atoms with Gasteiger partial charge in [0.2, 0.25) is 0 Å². The molecule has 1 aromatic heterocycles. The van der Waals surface area contributed by atoms with Crippen LogP contribution in [0.1, 0.15) is 61.1 Å². The third kappa shape index (κ3) is 6.03. The molecule has 2 aliphatic carbocycles. The summed E-state index contributed by atoms with van der Waals surface area (Å²) in [5.41, 5.74) is 22.1. The highest BCUT2D eigenvalue weighted by Crippen LogP contribution is 2.59. The van der Waals surface area contributed by atoms with Gasteiger partial charge in [-0.2, -0.15) is 0 Å². The highest BCUT2D eigenvalue weighted by molar-refractivity contribution is 6.00. The molecule has 0 saturated heterocycles. The van der Waals surface area contributed by atoms with Gasteiger partial charge >= 0.3 is 0 Å². The van der Waals surface area contributed by atoms with E-state index in [4.69, 9.17) is 0 Å². The van der Waals surface area contributed by atoms with E-state index in [9.17, 15) is 0 Å². The quantitative estimate of drug-likeness (QED) is 0.167. The van der Waals surface area contributed by atoms with Crippen molar-refractivity contribution < 1.29 is 0 Å². The molecule has 0 spiro atoms. The van der Waals surface area contributed by atoms with Crippen molar-refractivity contribution in [2.45, 2.75) is 52.4 Å². The second kappa shape index (κ2) is 14.2. The molecule has 302 valence electrons. The number of rotatable bonds is 6. The molecule has 0 saturated carbocycles. The number of benzene rings is 6. The predicted octanol–water partition coefficient (Wildman–Crippen LogP) is 14.5. The average Bonchev–Trinajstić information content (AvgIpc) is 3.80. The number of para-hydroxylation sites is 3. The molecular weight excluding hydrogens is 741 g/mol. The van der Waals surface area contributed by atoms with E-state index in [1.807, 2.05) is 0 Å². The number of hydrogen-bond acceptors (Lipinski definition) is 3. The maximum atomic E-state index is 4.57. The predicted molar refractivity (Wildman–Crippen MR) is 259 cm³/mol. The molecular formula is C57H54N4. The summed E-state index contributed by atoms with van der Waals surface area (Å²) < 4.78 is 2.24. The van der Waals surface area contributed by atoms with Crippen LogP contribution in [0.5, 0.6) is 0 Å². The number of anilines is 5. The van der Waals surface area contributed by atoms with E-state index in [-0.39, 0.29) is 10.8 Å². The van der Waals surface area contributed by atoms with Gasteiger partial charge in [0.1, 0.15) is 0 Å². The molecule has 0 atom stereocenters. The molecule has 6 aromatic carbocycles. The lowest BCUT2D eigenvalue weighted by molar-refractivity contribution is 0.505. The van der Waals surface area contributed by atoms with Crippen LogP contribution in [0.25, 0.3) is 33.2 Å². The van der Waals surface area contributed by atoms with E-state index in [2.05, 4.69) is 240 Å². The van der Waals surface area contributed by atoms with E-state index >= 15 is 0 Å². The third-order valence-electron chi connectivity index (χ3n) is 13.5. The summed E-state index contributed by atoms with van der Waals surface area (Å²) in [5.74, 6) is 0. The van der Waals surface area contributed by atoms with E-state index in [1.54, 1.807) is 0 Å². The topological polar surface area (TPSA) is 14.7 Å². The number of fused-ring (bicyclic) bond motifs is 7. The van der Waals surface area contributed by atoms with Crippen molar-refractivity contribution in [3.8, 4) is 22.3 Å². The van der Waals surface area contributed by atoms with Crippen molar-refractivity contribution in [1.82, 2.24) is 9.47 Å². The van der Waals surface area contributed by atoms with Crippen molar-refractivity contribution in [2.24, 2.45) is 7.05 Å². The van der Waals surface area contributed by atoms with Gasteiger partial charge in [0, 0.05) is 77.5 Å². The lowest BCUT2D eigenvalue weighted by atomic mass is 9.79. The van der Waals surface area contributed by atoms with Gasteiger partial charge in [-0.05, 0) is 142 Å². The minimum Gasteiger partial charge on any atom is -0.375 e. The van der Waals surface area contributed by atoms with E-state index in [1.165, 1.54) is 77.9 Å². The first kappa shape index (κ1) is 38.4. The summed E-state index contributed by atoms with van der Waals surface area (Å²) in [5, 5.41) is 1.24. The lowest BCUT2D eigenvalue weighted by Gasteiger charge is -2.31. The van der Waals surface area contributed by atoms with E-state index in [0.29, 0.717) is 0 Å². The zero-order valence-electron chi connectivity index (χ0n) is 36.7. The van der Waals surface area contributed by atoms with Crippen LogP contribution in [0.4, 0.5) is 28.4 Å². The first-order valence-corrected chi connectivity index (χ1v) is 21.5. The summed E-state index contributed by atoms with van der Waals surface area (Å²) in [7, 11) is 4.28. The average molecular weight is 795 g/mol. The summed E-state index contributed by atoms with van der Waals surface area (Å²) in [4.78, 5) is 7.06. The zero-order chi connectivity index (χ0) is 42.4. The highest BCUT2D eigenvalue weighted by atomic mass is 15.2. The number of likely N-dealkylation sites (N-methyl/N-ethyl adjacent to an activating group) is 1. The molecule has 0 unspecified atom stereocenters. The fraction of sp³-hybridized carbons (Fsp3) is 0.193. The van der Waals surface area contributed by atoms with Crippen molar-refractivity contribution >= 4 is 39.3 Å². The van der Waals surface area contributed by atoms with Crippen molar-refractivity contribution in [3.63, 3.8) is 0 Å². The number of allylic oxidation sites excluding steroid dienone is 3. The van der Waals surface area contributed by atoms with Gasteiger partial charge in [-0.15, -0.1) is 0 Å². The second-order valence-electron chi connectivity index (χ2n) is 18.3. The first-order chi connectivity index (χ1) is 29.3. The molecule has 3 aliphatic rings. The standard InChI is InChI=1S/C57H54N4/c1-37-21-13-12-20-28-58(8)35-52(37)60(40-22-14-10-15-23-40)42-29-38(2)54-45-33-48-46(34-47(45)56(4,5)49(54)31-42)55-39(3)30-43(32-50(55)57(48,6)7)61(41-24-16-11-17-25-41)53-36-59(9)51-27-19-18-26-44(51)53/h10-27,29-36H,1,28H2,2-9H3/b20-12-,21-13-,52-35+. The number of hydrogen-bond donors (Lipinski definition) is 0. The molecule has 1 aliphatic heterocycles. The minimum atomic E-state index is -0.230. The summed E-state index contributed by atoms with van der Waals surface area (Å²) in [6.45, 7) is 19.7. The van der Waals surface area contributed by atoms with Crippen LogP contribution in [-0.2, 0) is 17.9 Å². The van der Waals surface area contributed by atoms with Crippen LogP contribution < -0.4 is 9.80 Å². The summed E-state index contributed by atoms with van der Waals surface area (Å²) in [6, 6.07) is 45.1. The van der Waals surface area contributed by atoms with Crippen LogP contribution in [-0.4, -0.2) is 23.1 Å². The van der Waals surface area contributed by atoms with E-state index in [0.717, 1.165) is 34.9 Å². The molecule has 10 rings (SSSR count). The Kier molecular flexibility index (Phi) is 8.92. The highest BCUT2D eigenvalue weighted by Gasteiger charge is 2.43. The maximum Gasteiger partial charge on any atom is 0.0717 e. The molecule has 0 N–H and O–H groups in total. The minimum absolute atomic E-state index is 0.218. The SMILES string of the molecule is C=C1/C=C\C=C/CN(C)/C=C\1N(c1ccccc1)c1cc(C)c2c(c1)C(C)(C)c1cc3c(cc1-2)C(C)(C)c1cc(N(c2ccccc2)c2cn(C)c4ccccc24)cc(C)c1-3. The zero-order valence-corrected chi connectivity index (χ0v) is 36.7. The normalized spacial score (nSPS) is 17.6. The van der Waals surface area contributed by atoms with Gasteiger partial charge < -0.3 is 19.3 Å². The molecule has 0 fully saturated rings. The molecule has 7 aromatic rings. The number of aromatic nitrogens is 1. The monoisotopic (exact) mass is 794 g/mol. The van der Waals surface area contributed by atoms with Gasteiger partial charge in [0.15, 0.2) is 0 Å². The molecule has 4 heteroatoms. The van der Waals surface area contributed by atoms with Gasteiger partial charge in [0.25, 0.3) is 0 Å². The third-order valence-corrected chi connectivity index (χ3v) is 13.5. The number of nitrogens with zero attached hydrogens (tertiary/aromatic N) is 4. The van der Waals surface area contributed by atoms with Crippen LogP contribution in [0.15, 0.2) is 176 Å². The molecule has 2 heterocycles.